The molecule has 10 heteroatoms. The Morgan fingerprint density at radius 2 is 1.87 bits per heavy atom. The molecule has 31 heavy (non-hydrogen) atoms. The second-order valence-electron chi connectivity index (χ2n) is 7.82. The van der Waals surface area contributed by atoms with Gasteiger partial charge < -0.3 is 20.7 Å². The number of morpholine rings is 1. The minimum absolute atomic E-state index is 0.231. The van der Waals surface area contributed by atoms with Gasteiger partial charge in [-0.05, 0) is 19.8 Å². The van der Waals surface area contributed by atoms with Crippen LogP contribution >= 0.6 is 0 Å². The maximum absolute atomic E-state index is 5.71. The predicted octanol–water partition coefficient (Wildman–Crippen LogP) is 2.89. The Bertz CT molecular complexity index is 1010. The fourth-order valence-corrected chi connectivity index (χ4v) is 3.63. The molecule has 0 bridgehead atoms. The Labute approximate surface area is 182 Å². The third-order valence-electron chi connectivity index (χ3n) is 5.61. The molecular formula is C21H31N9O. The number of rotatable bonds is 8. The average molecular weight is 426 g/mol. The molecule has 10 nitrogen and oxygen atoms in total. The first-order valence-corrected chi connectivity index (χ1v) is 11.1. The van der Waals surface area contributed by atoms with Gasteiger partial charge in [0.15, 0.2) is 5.65 Å². The lowest BCUT2D eigenvalue weighted by molar-refractivity contribution is 0.122. The van der Waals surface area contributed by atoms with E-state index in [0.29, 0.717) is 24.9 Å². The zero-order chi connectivity index (χ0) is 21.8. The molecule has 1 aliphatic rings. The number of fused-ring (bicyclic) bond motifs is 1. The predicted molar refractivity (Wildman–Crippen MR) is 122 cm³/mol. The summed E-state index contributed by atoms with van der Waals surface area (Å²) in [6.45, 7) is 10.2. The van der Waals surface area contributed by atoms with Crippen molar-refractivity contribution in [2.24, 2.45) is 0 Å². The van der Waals surface area contributed by atoms with E-state index in [2.05, 4.69) is 45.5 Å². The smallest absolute Gasteiger partial charge is 0.228 e. The standard InChI is InChI=1S/C21H31N9O/c1-4-6-7-23-20-27-17-16(15-12-24-19(22)25-13-15)26-21(29-8-10-31-11-9-29)28-18(17)30(20)14(3)5-2/h12-14H,4-11H2,1-3H3,(H,23,27)(H2,22,24,25). The normalized spacial score (nSPS) is 15.4. The van der Waals surface area contributed by atoms with Gasteiger partial charge in [0.05, 0.1) is 13.2 Å². The van der Waals surface area contributed by atoms with Crippen molar-refractivity contribution in [2.45, 2.75) is 46.1 Å². The van der Waals surface area contributed by atoms with Crippen molar-refractivity contribution in [1.82, 2.24) is 29.5 Å². The molecule has 0 amide bonds. The lowest BCUT2D eigenvalue weighted by atomic mass is 10.2. The molecule has 0 aliphatic carbocycles. The molecule has 1 fully saturated rings. The zero-order valence-corrected chi connectivity index (χ0v) is 18.5. The molecule has 166 valence electrons. The number of anilines is 3. The summed E-state index contributed by atoms with van der Waals surface area (Å²) < 4.78 is 7.71. The van der Waals surface area contributed by atoms with Gasteiger partial charge in [0, 0.05) is 43.6 Å². The maximum Gasteiger partial charge on any atom is 0.228 e. The fraction of sp³-hybridized carbons (Fsp3) is 0.571. The van der Waals surface area contributed by atoms with Gasteiger partial charge in [-0.15, -0.1) is 0 Å². The van der Waals surface area contributed by atoms with E-state index in [1.807, 2.05) is 0 Å². The Kier molecular flexibility index (Phi) is 6.45. The molecule has 1 aliphatic heterocycles. The van der Waals surface area contributed by atoms with E-state index < -0.39 is 0 Å². The maximum atomic E-state index is 5.71. The van der Waals surface area contributed by atoms with Gasteiger partial charge in [0.1, 0.15) is 11.2 Å². The number of ether oxygens (including phenoxy) is 1. The molecular weight excluding hydrogens is 394 g/mol. The number of nitrogen functional groups attached to an aromatic ring is 1. The van der Waals surface area contributed by atoms with Crippen LogP contribution in [-0.2, 0) is 4.74 Å². The summed E-state index contributed by atoms with van der Waals surface area (Å²) >= 11 is 0. The van der Waals surface area contributed by atoms with E-state index in [9.17, 15) is 0 Å². The van der Waals surface area contributed by atoms with Crippen LogP contribution in [0.5, 0.6) is 0 Å². The zero-order valence-electron chi connectivity index (χ0n) is 18.5. The number of hydrogen-bond donors (Lipinski definition) is 2. The van der Waals surface area contributed by atoms with Gasteiger partial charge in [-0.25, -0.2) is 19.9 Å². The minimum atomic E-state index is 0.231. The van der Waals surface area contributed by atoms with Gasteiger partial charge >= 0.3 is 0 Å². The van der Waals surface area contributed by atoms with Gasteiger partial charge in [0.2, 0.25) is 17.8 Å². The van der Waals surface area contributed by atoms with E-state index in [-0.39, 0.29) is 12.0 Å². The lowest BCUT2D eigenvalue weighted by Gasteiger charge is -2.27. The van der Waals surface area contributed by atoms with Crippen LogP contribution in [-0.4, -0.2) is 62.3 Å². The molecule has 0 saturated carbocycles. The number of imidazole rings is 1. The van der Waals surface area contributed by atoms with Gasteiger partial charge in [0.25, 0.3) is 0 Å². The molecule has 1 unspecified atom stereocenters. The Morgan fingerprint density at radius 1 is 1.13 bits per heavy atom. The highest BCUT2D eigenvalue weighted by Crippen LogP contribution is 2.32. The molecule has 0 spiro atoms. The first-order valence-electron chi connectivity index (χ1n) is 11.1. The van der Waals surface area contributed by atoms with Crippen molar-refractivity contribution in [3.8, 4) is 11.3 Å². The molecule has 3 aromatic rings. The number of hydrogen-bond acceptors (Lipinski definition) is 9. The third-order valence-corrected chi connectivity index (χ3v) is 5.61. The second-order valence-corrected chi connectivity index (χ2v) is 7.82. The summed E-state index contributed by atoms with van der Waals surface area (Å²) in [5.41, 5.74) is 8.75. The quantitative estimate of drug-likeness (QED) is 0.525. The van der Waals surface area contributed by atoms with Crippen molar-refractivity contribution >= 4 is 29.0 Å². The topological polar surface area (TPSA) is 120 Å². The summed E-state index contributed by atoms with van der Waals surface area (Å²) in [6.07, 6.45) is 6.54. The van der Waals surface area contributed by atoms with Crippen molar-refractivity contribution in [2.75, 3.05) is 48.8 Å². The highest BCUT2D eigenvalue weighted by atomic mass is 16.5. The van der Waals surface area contributed by atoms with E-state index in [1.165, 1.54) is 0 Å². The fourth-order valence-electron chi connectivity index (χ4n) is 3.63. The Hall–Kier alpha value is -3.01. The number of unbranched alkanes of at least 4 members (excludes halogenated alkanes) is 1. The number of nitrogens with zero attached hydrogens (tertiary/aromatic N) is 7. The van der Waals surface area contributed by atoms with E-state index in [0.717, 1.165) is 61.6 Å². The van der Waals surface area contributed by atoms with E-state index in [1.54, 1.807) is 12.4 Å². The summed E-state index contributed by atoms with van der Waals surface area (Å²) in [5.74, 6) is 1.73. The largest absolute Gasteiger partial charge is 0.378 e. The Morgan fingerprint density at radius 3 is 2.55 bits per heavy atom. The average Bonchev–Trinajstić information content (AvgIpc) is 3.17. The monoisotopic (exact) mass is 425 g/mol. The number of nitrogens with one attached hydrogen (secondary N) is 1. The molecule has 1 atom stereocenters. The minimum Gasteiger partial charge on any atom is -0.378 e. The van der Waals surface area contributed by atoms with Gasteiger partial charge in [-0.2, -0.15) is 4.98 Å². The first kappa shape index (κ1) is 21.2. The van der Waals surface area contributed by atoms with Crippen LogP contribution in [0, 0.1) is 0 Å². The third kappa shape index (κ3) is 4.39. The number of aromatic nitrogens is 6. The van der Waals surface area contributed by atoms with Gasteiger partial charge in [-0.3, -0.25) is 4.57 Å². The van der Waals surface area contributed by atoms with Crippen molar-refractivity contribution < 1.29 is 4.74 Å². The van der Waals surface area contributed by atoms with Crippen LogP contribution in [0.3, 0.4) is 0 Å². The van der Waals surface area contributed by atoms with Gasteiger partial charge in [-0.1, -0.05) is 20.3 Å². The van der Waals surface area contributed by atoms with Crippen LogP contribution in [0.2, 0.25) is 0 Å². The van der Waals surface area contributed by atoms with E-state index in [4.69, 9.17) is 25.4 Å². The van der Waals surface area contributed by atoms with Crippen LogP contribution in [0.4, 0.5) is 17.8 Å². The highest BCUT2D eigenvalue weighted by Gasteiger charge is 2.24. The SMILES string of the molecule is CCCCNc1nc2c(-c3cnc(N)nc3)nc(N3CCOCC3)nc2n1C(C)CC. The highest BCUT2D eigenvalue weighted by molar-refractivity contribution is 5.90. The van der Waals surface area contributed by atoms with Crippen LogP contribution in [0.25, 0.3) is 22.4 Å². The molecule has 0 aromatic carbocycles. The molecule has 4 rings (SSSR count). The molecule has 3 N–H and O–H groups in total. The second kappa shape index (κ2) is 9.42. The molecule has 0 radical (unpaired) electrons. The molecule has 4 heterocycles. The lowest BCUT2D eigenvalue weighted by Crippen LogP contribution is -2.37. The van der Waals surface area contributed by atoms with Crippen LogP contribution < -0.4 is 16.0 Å². The van der Waals surface area contributed by atoms with Crippen LogP contribution in [0.1, 0.15) is 46.1 Å². The van der Waals surface area contributed by atoms with Crippen molar-refractivity contribution in [1.29, 1.82) is 0 Å². The summed E-state index contributed by atoms with van der Waals surface area (Å²) in [5, 5.41) is 3.50. The first-order chi connectivity index (χ1) is 15.1. The summed E-state index contributed by atoms with van der Waals surface area (Å²) in [7, 11) is 0. The number of nitrogens with two attached hydrogens (primary N) is 1. The molecule has 3 aromatic heterocycles. The van der Waals surface area contributed by atoms with Crippen molar-refractivity contribution in [3.63, 3.8) is 0 Å². The van der Waals surface area contributed by atoms with E-state index >= 15 is 0 Å². The summed E-state index contributed by atoms with van der Waals surface area (Å²) in [4.78, 5) is 25.3. The molecule has 1 saturated heterocycles. The summed E-state index contributed by atoms with van der Waals surface area (Å²) in [6, 6.07) is 0.233. The van der Waals surface area contributed by atoms with Crippen molar-refractivity contribution in [3.05, 3.63) is 12.4 Å². The Balaban J connectivity index is 1.90. The van der Waals surface area contributed by atoms with Crippen LogP contribution in [0.15, 0.2) is 12.4 Å².